The third-order valence-electron chi connectivity index (χ3n) is 3.24. The first-order valence-corrected chi connectivity index (χ1v) is 5.88. The fraction of sp³-hybridized carbons (Fsp3) is 0.462. The van der Waals surface area contributed by atoms with Gasteiger partial charge in [-0.05, 0) is 12.1 Å². The van der Waals surface area contributed by atoms with Crippen molar-refractivity contribution in [1.82, 2.24) is 0 Å². The number of nitrogens with zero attached hydrogens (tertiary/aromatic N) is 3. The smallest absolute Gasteiger partial charge is 0.303 e. The summed E-state index contributed by atoms with van der Waals surface area (Å²) >= 11 is 0. The number of methoxy groups -OCH3 is 2. The minimum Gasteiger partial charge on any atom is -0.368 e. The second-order valence-corrected chi connectivity index (χ2v) is 4.20. The third kappa shape index (κ3) is 2.43. The van der Waals surface area contributed by atoms with E-state index in [2.05, 4.69) is 9.69 Å². The van der Waals surface area contributed by atoms with Crippen molar-refractivity contribution in [3.05, 3.63) is 35.9 Å². The number of hydrogen-bond acceptors (Lipinski definition) is 3. The monoisotopic (exact) mass is 247 g/mol. The zero-order valence-corrected chi connectivity index (χ0v) is 10.6. The van der Waals surface area contributed by atoms with Gasteiger partial charge in [0.2, 0.25) is 0 Å². The fourth-order valence-electron chi connectivity index (χ4n) is 2.24. The van der Waals surface area contributed by atoms with Gasteiger partial charge in [-0.3, -0.25) is 0 Å². The minimum atomic E-state index is -0.207. The summed E-state index contributed by atoms with van der Waals surface area (Å²) in [6, 6.07) is 10.0. The van der Waals surface area contributed by atoms with Gasteiger partial charge in [0.05, 0.1) is 13.0 Å². The standard InChI is InChI=1S/C13H17N3O2/c1-17-12-9-16(10-6-4-3-5-7-10)13(18-2)8-11(12)15-14/h3-7,12-13H,8-9H2,1-2H3. The molecule has 1 aliphatic rings. The molecule has 2 atom stereocenters. The van der Waals surface area contributed by atoms with Crippen molar-refractivity contribution in [2.24, 2.45) is 0 Å². The van der Waals surface area contributed by atoms with E-state index in [0.29, 0.717) is 18.7 Å². The molecule has 0 aromatic heterocycles. The molecule has 1 fully saturated rings. The number of rotatable bonds is 3. The van der Waals surface area contributed by atoms with Crippen molar-refractivity contribution in [1.29, 1.82) is 0 Å². The van der Waals surface area contributed by atoms with E-state index in [1.165, 1.54) is 0 Å². The van der Waals surface area contributed by atoms with Crippen molar-refractivity contribution in [3.63, 3.8) is 0 Å². The molecule has 0 N–H and O–H groups in total. The Labute approximate surface area is 107 Å². The quantitative estimate of drug-likeness (QED) is 0.601. The molecule has 0 saturated carbocycles. The maximum absolute atomic E-state index is 9.00. The predicted octanol–water partition coefficient (Wildman–Crippen LogP) is 1.55. The van der Waals surface area contributed by atoms with E-state index in [1.807, 2.05) is 30.3 Å². The molecule has 1 saturated heterocycles. The van der Waals surface area contributed by atoms with E-state index in [-0.39, 0.29) is 12.3 Å². The summed E-state index contributed by atoms with van der Waals surface area (Å²) in [5, 5.41) is 0. The Morgan fingerprint density at radius 1 is 1.22 bits per heavy atom. The summed E-state index contributed by atoms with van der Waals surface area (Å²) in [6.07, 6.45) is 0.187. The predicted molar refractivity (Wildman–Crippen MR) is 68.6 cm³/mol. The molecule has 2 rings (SSSR count). The lowest BCUT2D eigenvalue weighted by atomic mass is 10.0. The Balaban J connectivity index is 2.27. The van der Waals surface area contributed by atoms with Crippen LogP contribution in [0.3, 0.4) is 0 Å². The summed E-state index contributed by atoms with van der Waals surface area (Å²) in [7, 11) is 3.27. The molecule has 2 unspecified atom stereocenters. The van der Waals surface area contributed by atoms with Crippen LogP contribution >= 0.6 is 0 Å². The van der Waals surface area contributed by atoms with Gasteiger partial charge in [-0.25, -0.2) is 0 Å². The molecule has 5 nitrogen and oxygen atoms in total. The van der Waals surface area contributed by atoms with Crippen molar-refractivity contribution in [2.45, 2.75) is 18.8 Å². The highest BCUT2D eigenvalue weighted by Gasteiger charge is 2.38. The number of ether oxygens (including phenoxy) is 2. The molecule has 1 aromatic rings. The number of hydrogen-bond donors (Lipinski definition) is 0. The van der Waals surface area contributed by atoms with Crippen LogP contribution in [0, 0.1) is 0 Å². The highest BCUT2D eigenvalue weighted by molar-refractivity contribution is 5.86. The van der Waals surface area contributed by atoms with Crippen LogP contribution in [0.2, 0.25) is 0 Å². The molecule has 18 heavy (non-hydrogen) atoms. The van der Waals surface area contributed by atoms with Gasteiger partial charge in [0.25, 0.3) is 0 Å². The van der Waals surface area contributed by atoms with Crippen LogP contribution in [0.4, 0.5) is 5.69 Å². The van der Waals surface area contributed by atoms with Crippen LogP contribution in [0.5, 0.6) is 0 Å². The lowest BCUT2D eigenvalue weighted by molar-refractivity contribution is -0.0413. The molecule has 1 aromatic carbocycles. The summed E-state index contributed by atoms with van der Waals surface area (Å²) in [4.78, 5) is 5.43. The van der Waals surface area contributed by atoms with E-state index in [1.54, 1.807) is 14.2 Å². The van der Waals surface area contributed by atoms with E-state index in [4.69, 9.17) is 15.0 Å². The van der Waals surface area contributed by atoms with Gasteiger partial charge >= 0.3 is 5.71 Å². The zero-order chi connectivity index (χ0) is 13.0. The van der Waals surface area contributed by atoms with Crippen molar-refractivity contribution in [3.8, 4) is 0 Å². The van der Waals surface area contributed by atoms with Crippen LogP contribution in [-0.4, -0.2) is 43.6 Å². The molecule has 1 aliphatic heterocycles. The van der Waals surface area contributed by atoms with E-state index in [0.717, 1.165) is 5.69 Å². The average molecular weight is 247 g/mol. The lowest BCUT2D eigenvalue weighted by Crippen LogP contribution is -2.52. The van der Waals surface area contributed by atoms with Gasteiger partial charge in [0.15, 0.2) is 6.10 Å². The molecule has 1 heterocycles. The normalized spacial score (nSPS) is 23.9. The van der Waals surface area contributed by atoms with Crippen LogP contribution in [-0.2, 0) is 9.47 Å². The molecule has 96 valence electrons. The average Bonchev–Trinajstić information content (AvgIpc) is 2.46. The topological polar surface area (TPSA) is 58.1 Å². The molecule has 5 heteroatoms. The number of anilines is 1. The molecule has 0 radical (unpaired) electrons. The second-order valence-electron chi connectivity index (χ2n) is 4.20. The summed E-state index contributed by atoms with van der Waals surface area (Å²) in [5.74, 6) is 0. The van der Waals surface area contributed by atoms with Gasteiger partial charge in [-0.1, -0.05) is 18.2 Å². The summed E-state index contributed by atoms with van der Waals surface area (Å²) in [5.41, 5.74) is 10.7. The van der Waals surface area contributed by atoms with Crippen LogP contribution < -0.4 is 4.90 Å². The lowest BCUT2D eigenvalue weighted by Gasteiger charge is -2.37. The van der Waals surface area contributed by atoms with E-state index in [9.17, 15) is 0 Å². The molecule has 0 amide bonds. The first kappa shape index (κ1) is 12.8. The summed E-state index contributed by atoms with van der Waals surface area (Å²) in [6.45, 7) is 0.610. The van der Waals surface area contributed by atoms with Gasteiger partial charge in [0, 0.05) is 19.9 Å². The molecule has 0 spiro atoms. The largest absolute Gasteiger partial charge is 0.368 e. The van der Waals surface area contributed by atoms with Gasteiger partial charge in [-0.2, -0.15) is 4.79 Å². The van der Waals surface area contributed by atoms with E-state index >= 15 is 0 Å². The molecule has 0 bridgehead atoms. The Morgan fingerprint density at radius 3 is 2.50 bits per heavy atom. The minimum absolute atomic E-state index is 0.135. The van der Waals surface area contributed by atoms with Gasteiger partial charge in [0.1, 0.15) is 6.23 Å². The fourth-order valence-corrected chi connectivity index (χ4v) is 2.24. The highest BCUT2D eigenvalue weighted by Crippen LogP contribution is 2.24. The van der Waals surface area contributed by atoms with Crippen LogP contribution in [0.1, 0.15) is 6.42 Å². The van der Waals surface area contributed by atoms with Crippen molar-refractivity contribution >= 4 is 11.4 Å². The second kappa shape index (κ2) is 5.78. The first-order chi connectivity index (χ1) is 8.80. The van der Waals surface area contributed by atoms with E-state index < -0.39 is 0 Å². The number of piperidine rings is 1. The van der Waals surface area contributed by atoms with Crippen molar-refractivity contribution < 1.29 is 14.3 Å². The van der Waals surface area contributed by atoms with Crippen LogP contribution in [0.25, 0.3) is 5.53 Å². The molecule has 0 aliphatic carbocycles. The Bertz CT molecular complexity index is 443. The third-order valence-corrected chi connectivity index (χ3v) is 3.24. The Hall–Kier alpha value is -1.68. The summed E-state index contributed by atoms with van der Waals surface area (Å²) < 4.78 is 10.8. The Morgan fingerprint density at radius 2 is 1.94 bits per heavy atom. The number of para-hydroxylation sites is 1. The molecular formula is C13H17N3O2. The SMILES string of the molecule is COC1CN(c2ccccc2)C(OC)CC1=[N+]=[N-]. The zero-order valence-electron chi connectivity index (χ0n) is 10.6. The van der Waals surface area contributed by atoms with Gasteiger partial charge in [-0.15, -0.1) is 0 Å². The highest BCUT2D eigenvalue weighted by atomic mass is 16.5. The first-order valence-electron chi connectivity index (χ1n) is 5.88. The Kier molecular flexibility index (Phi) is 4.10. The van der Waals surface area contributed by atoms with Crippen LogP contribution in [0.15, 0.2) is 30.3 Å². The van der Waals surface area contributed by atoms with Gasteiger partial charge < -0.3 is 19.9 Å². The number of benzene rings is 1. The van der Waals surface area contributed by atoms with Crippen molar-refractivity contribution in [2.75, 3.05) is 25.7 Å². The maximum Gasteiger partial charge on any atom is 0.303 e. The maximum atomic E-state index is 9.00. The molecular weight excluding hydrogens is 230 g/mol.